The average molecular weight is 311 g/mol. The molecule has 0 radical (unpaired) electrons. The fourth-order valence-electron chi connectivity index (χ4n) is 2.56. The highest BCUT2D eigenvalue weighted by molar-refractivity contribution is 5.85. The summed E-state index contributed by atoms with van der Waals surface area (Å²) in [6.45, 7) is 0.955. The largest absolute Gasteiger partial charge is 0.388 e. The standard InChI is InChI=1S/C16H22N2O2.ClH/c19-14(10-17-13-6-7-13)18-11-16(8-9-16)15(20)12-4-2-1-3-5-12;/h1-5,13,15,17,20H,6-11H2,(H,18,19);1H. The van der Waals surface area contributed by atoms with Crippen molar-refractivity contribution in [3.63, 3.8) is 0 Å². The van der Waals surface area contributed by atoms with Gasteiger partial charge >= 0.3 is 0 Å². The highest BCUT2D eigenvalue weighted by atomic mass is 35.5. The minimum absolute atomic E-state index is 0. The lowest BCUT2D eigenvalue weighted by molar-refractivity contribution is -0.120. The van der Waals surface area contributed by atoms with E-state index >= 15 is 0 Å². The van der Waals surface area contributed by atoms with E-state index in [1.807, 2.05) is 30.3 Å². The molecule has 21 heavy (non-hydrogen) atoms. The SMILES string of the molecule is Cl.O=C(CNC1CC1)NCC1(C(O)c2ccccc2)CC1. The molecule has 1 unspecified atom stereocenters. The Bertz CT molecular complexity index is 472. The van der Waals surface area contributed by atoms with Crippen LogP contribution < -0.4 is 10.6 Å². The van der Waals surface area contributed by atoms with Gasteiger partial charge in [-0.3, -0.25) is 4.79 Å². The third-order valence-corrected chi connectivity index (χ3v) is 4.35. The average Bonchev–Trinajstić information content (AvgIpc) is 3.38. The zero-order chi connectivity index (χ0) is 14.0. The van der Waals surface area contributed by atoms with Gasteiger partial charge in [0, 0.05) is 18.0 Å². The van der Waals surface area contributed by atoms with Crippen LogP contribution in [0.1, 0.15) is 37.4 Å². The molecule has 0 aromatic heterocycles. The zero-order valence-corrected chi connectivity index (χ0v) is 12.9. The van der Waals surface area contributed by atoms with E-state index in [1.54, 1.807) is 0 Å². The second-order valence-corrected chi connectivity index (χ2v) is 6.11. The fourth-order valence-corrected chi connectivity index (χ4v) is 2.56. The summed E-state index contributed by atoms with van der Waals surface area (Å²) in [6.07, 6.45) is 3.83. The summed E-state index contributed by atoms with van der Waals surface area (Å²) in [7, 11) is 0. The van der Waals surface area contributed by atoms with Crippen molar-refractivity contribution >= 4 is 18.3 Å². The van der Waals surface area contributed by atoms with Crippen molar-refractivity contribution in [2.75, 3.05) is 13.1 Å². The number of hydrogen-bond donors (Lipinski definition) is 3. The van der Waals surface area contributed by atoms with Gasteiger partial charge in [0.1, 0.15) is 0 Å². The number of carbonyl (C=O) groups excluding carboxylic acids is 1. The number of aliphatic hydroxyl groups excluding tert-OH is 1. The Labute approximate surface area is 131 Å². The van der Waals surface area contributed by atoms with E-state index in [0.29, 0.717) is 19.1 Å². The van der Waals surface area contributed by atoms with Crippen molar-refractivity contribution in [2.24, 2.45) is 5.41 Å². The zero-order valence-electron chi connectivity index (χ0n) is 12.0. The van der Waals surface area contributed by atoms with E-state index in [2.05, 4.69) is 10.6 Å². The Morgan fingerprint density at radius 1 is 1.29 bits per heavy atom. The van der Waals surface area contributed by atoms with Crippen LogP contribution in [-0.4, -0.2) is 30.1 Å². The van der Waals surface area contributed by atoms with Crippen molar-refractivity contribution in [1.82, 2.24) is 10.6 Å². The van der Waals surface area contributed by atoms with Crippen molar-refractivity contribution in [2.45, 2.75) is 37.8 Å². The van der Waals surface area contributed by atoms with Crippen LogP contribution in [0, 0.1) is 5.41 Å². The van der Waals surface area contributed by atoms with Crippen LogP contribution >= 0.6 is 12.4 Å². The first-order valence-electron chi connectivity index (χ1n) is 7.43. The van der Waals surface area contributed by atoms with E-state index in [0.717, 1.165) is 18.4 Å². The summed E-state index contributed by atoms with van der Waals surface area (Å²) in [5.74, 6) is 0.0310. The molecule has 2 fully saturated rings. The molecule has 0 bridgehead atoms. The molecule has 116 valence electrons. The molecule has 1 amide bonds. The van der Waals surface area contributed by atoms with Gasteiger partial charge in [-0.2, -0.15) is 0 Å². The summed E-state index contributed by atoms with van der Waals surface area (Å²) >= 11 is 0. The second-order valence-electron chi connectivity index (χ2n) is 6.11. The Morgan fingerprint density at radius 2 is 1.95 bits per heavy atom. The summed E-state index contributed by atoms with van der Waals surface area (Å²) in [5, 5.41) is 16.6. The third-order valence-electron chi connectivity index (χ3n) is 4.35. The van der Waals surface area contributed by atoms with Crippen molar-refractivity contribution in [3.05, 3.63) is 35.9 Å². The maximum atomic E-state index is 11.8. The summed E-state index contributed by atoms with van der Waals surface area (Å²) in [6, 6.07) is 10.3. The molecule has 5 heteroatoms. The molecule has 1 aromatic carbocycles. The highest BCUT2D eigenvalue weighted by Crippen LogP contribution is 2.54. The summed E-state index contributed by atoms with van der Waals surface area (Å²) < 4.78 is 0. The van der Waals surface area contributed by atoms with E-state index in [9.17, 15) is 9.90 Å². The predicted octanol–water partition coefficient (Wildman–Crippen LogP) is 1.79. The first-order chi connectivity index (χ1) is 9.70. The molecular weight excluding hydrogens is 288 g/mol. The van der Waals surface area contributed by atoms with Crippen LogP contribution in [0.15, 0.2) is 30.3 Å². The summed E-state index contributed by atoms with van der Waals surface area (Å²) in [4.78, 5) is 11.8. The molecule has 3 N–H and O–H groups in total. The number of halogens is 1. The Morgan fingerprint density at radius 3 is 2.52 bits per heavy atom. The molecule has 0 spiro atoms. The van der Waals surface area contributed by atoms with Crippen molar-refractivity contribution in [3.8, 4) is 0 Å². The summed E-state index contributed by atoms with van der Waals surface area (Å²) in [5.41, 5.74) is 0.784. The van der Waals surface area contributed by atoms with Gasteiger partial charge in [-0.05, 0) is 31.2 Å². The van der Waals surface area contributed by atoms with Crippen LogP contribution in [0.2, 0.25) is 0 Å². The number of benzene rings is 1. The number of nitrogens with one attached hydrogen (secondary N) is 2. The van der Waals surface area contributed by atoms with Gasteiger partial charge in [0.25, 0.3) is 0 Å². The lowest BCUT2D eigenvalue weighted by atomic mass is 9.92. The van der Waals surface area contributed by atoms with E-state index in [-0.39, 0.29) is 23.7 Å². The topological polar surface area (TPSA) is 61.4 Å². The van der Waals surface area contributed by atoms with E-state index in [4.69, 9.17) is 0 Å². The number of hydrogen-bond acceptors (Lipinski definition) is 3. The predicted molar refractivity (Wildman–Crippen MR) is 84.4 cm³/mol. The van der Waals surface area contributed by atoms with Gasteiger partial charge < -0.3 is 15.7 Å². The van der Waals surface area contributed by atoms with Gasteiger partial charge in [-0.15, -0.1) is 12.4 Å². The molecule has 0 heterocycles. The molecule has 2 aliphatic rings. The van der Waals surface area contributed by atoms with E-state index in [1.165, 1.54) is 12.8 Å². The first-order valence-corrected chi connectivity index (χ1v) is 7.43. The van der Waals surface area contributed by atoms with Gasteiger partial charge in [0.15, 0.2) is 0 Å². The third kappa shape index (κ3) is 4.19. The number of aliphatic hydroxyl groups is 1. The maximum Gasteiger partial charge on any atom is 0.233 e. The molecule has 2 saturated carbocycles. The smallest absolute Gasteiger partial charge is 0.233 e. The molecule has 3 rings (SSSR count). The minimum atomic E-state index is -0.486. The van der Waals surface area contributed by atoms with Gasteiger partial charge in [-0.25, -0.2) is 0 Å². The van der Waals surface area contributed by atoms with Crippen LogP contribution in [0.5, 0.6) is 0 Å². The Balaban J connectivity index is 0.00000161. The monoisotopic (exact) mass is 310 g/mol. The number of carbonyl (C=O) groups is 1. The van der Waals surface area contributed by atoms with E-state index < -0.39 is 6.10 Å². The Hall–Kier alpha value is -1.10. The molecule has 0 aliphatic heterocycles. The number of amides is 1. The minimum Gasteiger partial charge on any atom is -0.388 e. The van der Waals surface area contributed by atoms with Gasteiger partial charge in [0.05, 0.1) is 12.6 Å². The molecule has 0 saturated heterocycles. The van der Waals surface area contributed by atoms with Crippen molar-refractivity contribution < 1.29 is 9.90 Å². The van der Waals surface area contributed by atoms with Gasteiger partial charge in [0.2, 0.25) is 5.91 Å². The van der Waals surface area contributed by atoms with Crippen LogP contribution in [0.25, 0.3) is 0 Å². The first kappa shape index (κ1) is 16.3. The molecule has 1 atom stereocenters. The molecule has 4 nitrogen and oxygen atoms in total. The quantitative estimate of drug-likeness (QED) is 0.719. The number of rotatable bonds is 7. The molecule has 2 aliphatic carbocycles. The maximum absolute atomic E-state index is 11.8. The van der Waals surface area contributed by atoms with Crippen LogP contribution in [0.3, 0.4) is 0 Å². The van der Waals surface area contributed by atoms with Crippen LogP contribution in [0.4, 0.5) is 0 Å². The highest BCUT2D eigenvalue weighted by Gasteiger charge is 2.49. The Kier molecular flexibility index (Phi) is 5.25. The molecule has 1 aromatic rings. The molecular formula is C16H23ClN2O2. The second kappa shape index (κ2) is 6.77. The normalized spacial score (nSPS) is 20.2. The lowest BCUT2D eigenvalue weighted by Crippen LogP contribution is -2.39. The van der Waals surface area contributed by atoms with Gasteiger partial charge in [-0.1, -0.05) is 30.3 Å². The van der Waals surface area contributed by atoms with Crippen LogP contribution in [-0.2, 0) is 4.79 Å². The van der Waals surface area contributed by atoms with Crippen molar-refractivity contribution in [1.29, 1.82) is 0 Å². The lowest BCUT2D eigenvalue weighted by Gasteiger charge is -2.23. The fraction of sp³-hybridized carbons (Fsp3) is 0.562.